The van der Waals surface area contributed by atoms with E-state index in [9.17, 15) is 10.1 Å². The topological polar surface area (TPSA) is 61.6 Å². The molecule has 6 heteroatoms. The molecule has 0 saturated carbocycles. The van der Waals surface area contributed by atoms with Gasteiger partial charge in [-0.2, -0.15) is 0 Å². The monoisotopic (exact) mass is 430 g/mol. The maximum Gasteiger partial charge on any atom is 0.292 e. The minimum atomic E-state index is -0.311. The van der Waals surface area contributed by atoms with Crippen LogP contribution in [0.25, 0.3) is 0 Å². The molecule has 0 aromatic heterocycles. The molecule has 0 spiro atoms. The van der Waals surface area contributed by atoms with E-state index in [-0.39, 0.29) is 16.7 Å². The van der Waals surface area contributed by atoms with E-state index in [4.69, 9.17) is 0 Å². The number of hydrogen-bond donors (Lipinski definition) is 1. The first-order chi connectivity index (χ1) is 15.4. The van der Waals surface area contributed by atoms with E-state index in [2.05, 4.69) is 36.0 Å². The summed E-state index contributed by atoms with van der Waals surface area (Å²) in [4.78, 5) is 16.2. The van der Waals surface area contributed by atoms with Gasteiger partial charge in [0.1, 0.15) is 5.69 Å². The molecule has 1 heterocycles. The van der Waals surface area contributed by atoms with Gasteiger partial charge in [-0.3, -0.25) is 15.0 Å². The second-order valence-electron chi connectivity index (χ2n) is 8.63. The number of likely N-dealkylation sites (N-methyl/N-ethyl adjacent to an activating group) is 1. The van der Waals surface area contributed by atoms with Crippen molar-refractivity contribution in [1.29, 1.82) is 0 Å². The Balaban J connectivity index is 1.72. The van der Waals surface area contributed by atoms with Crippen molar-refractivity contribution < 1.29 is 4.92 Å². The quantitative estimate of drug-likeness (QED) is 0.423. The molecule has 2 atom stereocenters. The average molecular weight is 431 g/mol. The van der Waals surface area contributed by atoms with Crippen LogP contribution in [0.15, 0.2) is 78.9 Å². The summed E-state index contributed by atoms with van der Waals surface area (Å²) in [6.07, 6.45) is 0. The zero-order valence-corrected chi connectivity index (χ0v) is 18.8. The summed E-state index contributed by atoms with van der Waals surface area (Å²) in [6.45, 7) is 6.21. The van der Waals surface area contributed by atoms with E-state index in [0.29, 0.717) is 17.8 Å². The maximum absolute atomic E-state index is 11.9. The number of nitro benzene ring substituents is 1. The largest absolute Gasteiger partial charge is 0.369 e. The first-order valence-electron chi connectivity index (χ1n) is 11.1. The lowest BCUT2D eigenvalue weighted by atomic mass is 9.98. The van der Waals surface area contributed by atoms with Gasteiger partial charge in [-0.25, -0.2) is 0 Å². The normalized spacial score (nSPS) is 19.2. The van der Waals surface area contributed by atoms with Crippen molar-refractivity contribution in [3.8, 4) is 0 Å². The number of anilines is 2. The Labute approximate surface area is 189 Å². The van der Waals surface area contributed by atoms with Crippen molar-refractivity contribution in [2.45, 2.75) is 32.0 Å². The minimum absolute atomic E-state index is 0.0841. The molecule has 0 radical (unpaired) electrons. The van der Waals surface area contributed by atoms with Crippen LogP contribution in [0.4, 0.5) is 17.1 Å². The van der Waals surface area contributed by atoms with Gasteiger partial charge in [0, 0.05) is 36.9 Å². The number of rotatable bonds is 6. The summed E-state index contributed by atoms with van der Waals surface area (Å²) in [7, 11) is 2.15. The van der Waals surface area contributed by atoms with Crippen molar-refractivity contribution in [3.63, 3.8) is 0 Å². The standard InChI is InChI=1S/C26H30N4O2/c1-19-17-29(18-20(2)28(19)3)23-14-15-25(30(31)32)24(16-23)27-26(21-10-6-4-7-11-21)22-12-8-5-9-13-22/h4-16,19-20,26-27H,17-18H2,1-3H3. The SMILES string of the molecule is CC1CN(c2ccc([N+](=O)[O-])c(NC(c3ccccc3)c3ccccc3)c2)CC(C)N1C. The molecule has 1 aliphatic rings. The van der Waals surface area contributed by atoms with Crippen LogP contribution >= 0.6 is 0 Å². The Bertz CT molecular complexity index is 1010. The van der Waals surface area contributed by atoms with Crippen LogP contribution in [0, 0.1) is 10.1 Å². The van der Waals surface area contributed by atoms with Gasteiger partial charge in [-0.15, -0.1) is 0 Å². The molecular weight excluding hydrogens is 400 g/mol. The fraction of sp³-hybridized carbons (Fsp3) is 0.308. The molecule has 0 aliphatic carbocycles. The lowest BCUT2D eigenvalue weighted by molar-refractivity contribution is -0.384. The minimum Gasteiger partial charge on any atom is -0.369 e. The second-order valence-corrected chi connectivity index (χ2v) is 8.63. The van der Waals surface area contributed by atoms with Crippen molar-refractivity contribution in [3.05, 3.63) is 100 Å². The van der Waals surface area contributed by atoms with E-state index >= 15 is 0 Å². The summed E-state index contributed by atoms with van der Waals surface area (Å²) in [5, 5.41) is 15.3. The highest BCUT2D eigenvalue weighted by Crippen LogP contribution is 2.35. The lowest BCUT2D eigenvalue weighted by Crippen LogP contribution is -2.55. The molecule has 6 nitrogen and oxygen atoms in total. The number of nitro groups is 1. The van der Waals surface area contributed by atoms with Crippen molar-refractivity contribution in [2.24, 2.45) is 0 Å². The molecular formula is C26H30N4O2. The molecule has 1 aliphatic heterocycles. The van der Waals surface area contributed by atoms with Gasteiger partial charge >= 0.3 is 0 Å². The van der Waals surface area contributed by atoms with Crippen LogP contribution in [-0.2, 0) is 0 Å². The number of hydrogen-bond acceptors (Lipinski definition) is 5. The Kier molecular flexibility index (Phi) is 6.42. The van der Waals surface area contributed by atoms with E-state index in [1.807, 2.05) is 72.8 Å². The highest BCUT2D eigenvalue weighted by molar-refractivity contribution is 5.70. The van der Waals surface area contributed by atoms with Gasteiger partial charge in [0.25, 0.3) is 5.69 Å². The Morgan fingerprint density at radius 3 is 1.94 bits per heavy atom. The summed E-state index contributed by atoms with van der Waals surface area (Å²) >= 11 is 0. The van der Waals surface area contributed by atoms with Crippen LogP contribution in [0.5, 0.6) is 0 Å². The molecule has 1 N–H and O–H groups in total. The van der Waals surface area contributed by atoms with Gasteiger partial charge in [0.05, 0.1) is 11.0 Å². The predicted octanol–water partition coefficient (Wildman–Crippen LogP) is 5.33. The van der Waals surface area contributed by atoms with Gasteiger partial charge in [-0.05, 0) is 44.2 Å². The third kappa shape index (κ3) is 4.60. The van der Waals surface area contributed by atoms with Crippen LogP contribution < -0.4 is 10.2 Å². The second kappa shape index (κ2) is 9.40. The zero-order chi connectivity index (χ0) is 22.7. The molecule has 3 aromatic carbocycles. The van der Waals surface area contributed by atoms with E-state index in [1.165, 1.54) is 0 Å². The fourth-order valence-corrected chi connectivity index (χ4v) is 4.42. The average Bonchev–Trinajstić information content (AvgIpc) is 2.81. The molecule has 2 unspecified atom stereocenters. The van der Waals surface area contributed by atoms with Crippen LogP contribution in [0.3, 0.4) is 0 Å². The van der Waals surface area contributed by atoms with Gasteiger partial charge in [0.2, 0.25) is 0 Å². The third-order valence-electron chi connectivity index (χ3n) is 6.47. The first-order valence-corrected chi connectivity index (χ1v) is 11.1. The van der Waals surface area contributed by atoms with Crippen molar-refractivity contribution in [2.75, 3.05) is 30.4 Å². The first kappa shape index (κ1) is 21.8. The maximum atomic E-state index is 11.9. The Morgan fingerprint density at radius 2 is 1.44 bits per heavy atom. The molecule has 0 amide bonds. The third-order valence-corrected chi connectivity index (χ3v) is 6.47. The lowest BCUT2D eigenvalue weighted by Gasteiger charge is -2.43. The summed E-state index contributed by atoms with van der Waals surface area (Å²) in [5.74, 6) is 0. The summed E-state index contributed by atoms with van der Waals surface area (Å²) in [6, 6.07) is 26.1. The number of piperazine rings is 1. The molecule has 0 bridgehead atoms. The smallest absolute Gasteiger partial charge is 0.292 e. The van der Waals surface area contributed by atoms with Crippen LogP contribution in [0.1, 0.15) is 31.0 Å². The highest BCUT2D eigenvalue weighted by Gasteiger charge is 2.28. The summed E-state index contributed by atoms with van der Waals surface area (Å²) in [5.41, 5.74) is 3.73. The van der Waals surface area contributed by atoms with Gasteiger partial charge < -0.3 is 10.2 Å². The van der Waals surface area contributed by atoms with Crippen molar-refractivity contribution >= 4 is 17.1 Å². The Morgan fingerprint density at radius 1 is 0.906 bits per heavy atom. The van der Waals surface area contributed by atoms with Gasteiger partial charge in [0.15, 0.2) is 0 Å². The van der Waals surface area contributed by atoms with Gasteiger partial charge in [-0.1, -0.05) is 60.7 Å². The molecule has 4 rings (SSSR count). The number of benzene rings is 3. The van der Waals surface area contributed by atoms with Crippen LogP contribution in [0.2, 0.25) is 0 Å². The fourth-order valence-electron chi connectivity index (χ4n) is 4.42. The molecule has 166 valence electrons. The zero-order valence-electron chi connectivity index (χ0n) is 18.8. The van der Waals surface area contributed by atoms with E-state index < -0.39 is 0 Å². The van der Waals surface area contributed by atoms with Crippen LogP contribution in [-0.4, -0.2) is 42.0 Å². The molecule has 32 heavy (non-hydrogen) atoms. The van der Waals surface area contributed by atoms with E-state index in [0.717, 1.165) is 29.9 Å². The highest BCUT2D eigenvalue weighted by atomic mass is 16.6. The predicted molar refractivity (Wildman–Crippen MR) is 130 cm³/mol. The Hall–Kier alpha value is -3.38. The number of nitrogens with one attached hydrogen (secondary N) is 1. The van der Waals surface area contributed by atoms with E-state index in [1.54, 1.807) is 6.07 Å². The number of nitrogens with zero attached hydrogens (tertiary/aromatic N) is 3. The molecule has 3 aromatic rings. The summed E-state index contributed by atoms with van der Waals surface area (Å²) < 4.78 is 0. The molecule has 1 saturated heterocycles. The van der Waals surface area contributed by atoms with Crippen molar-refractivity contribution in [1.82, 2.24) is 4.90 Å². The molecule has 1 fully saturated rings.